The molecule has 1 saturated carbocycles. The molecule has 1 aliphatic carbocycles. The highest BCUT2D eigenvalue weighted by Crippen LogP contribution is 2.26. The number of nitrogens with one attached hydrogen (secondary N) is 2. The Hall–Kier alpha value is -2.24. The van der Waals surface area contributed by atoms with Crippen molar-refractivity contribution in [2.45, 2.75) is 25.8 Å². The molecule has 4 N–H and O–H groups in total. The summed E-state index contributed by atoms with van der Waals surface area (Å²) < 4.78 is 0. The molecule has 6 heteroatoms. The van der Waals surface area contributed by atoms with Crippen LogP contribution in [-0.2, 0) is 0 Å². The maximum absolute atomic E-state index is 11.7. The Labute approximate surface area is 110 Å². The topological polar surface area (TPSA) is 98.7 Å². The van der Waals surface area contributed by atoms with E-state index in [1.165, 1.54) is 12.1 Å². The normalized spacial score (nSPS) is 21.3. The van der Waals surface area contributed by atoms with Gasteiger partial charge in [-0.15, -0.1) is 0 Å². The van der Waals surface area contributed by atoms with Crippen LogP contribution in [0.3, 0.4) is 0 Å². The summed E-state index contributed by atoms with van der Waals surface area (Å²) >= 11 is 0. The summed E-state index contributed by atoms with van der Waals surface area (Å²) in [5, 5.41) is 23.5. The Balaban J connectivity index is 2.02. The second-order valence-corrected chi connectivity index (χ2v) is 4.91. The number of hydrogen-bond acceptors (Lipinski definition) is 3. The van der Waals surface area contributed by atoms with E-state index in [1.807, 2.05) is 0 Å². The van der Waals surface area contributed by atoms with Crippen molar-refractivity contribution in [1.82, 2.24) is 5.32 Å². The number of carbonyl (C=O) groups excluding carboxylic acids is 1. The van der Waals surface area contributed by atoms with Crippen LogP contribution in [0.15, 0.2) is 18.2 Å². The molecule has 0 aromatic heterocycles. The molecule has 19 heavy (non-hydrogen) atoms. The van der Waals surface area contributed by atoms with Gasteiger partial charge in [-0.25, -0.2) is 9.59 Å². The van der Waals surface area contributed by atoms with Crippen molar-refractivity contribution in [3.63, 3.8) is 0 Å². The molecular weight excluding hydrogens is 248 g/mol. The van der Waals surface area contributed by atoms with E-state index in [0.717, 1.165) is 18.9 Å². The van der Waals surface area contributed by atoms with Gasteiger partial charge in [0.1, 0.15) is 5.75 Å². The molecule has 0 atom stereocenters. The number of carboxylic acid groups (broad SMARTS) is 1. The number of rotatable bonds is 3. The minimum atomic E-state index is -1.21. The van der Waals surface area contributed by atoms with Crippen molar-refractivity contribution >= 4 is 17.7 Å². The first-order valence-electron chi connectivity index (χ1n) is 6.09. The molecule has 0 radical (unpaired) electrons. The molecule has 0 heterocycles. The van der Waals surface area contributed by atoms with Gasteiger partial charge in [0, 0.05) is 6.04 Å². The number of hydrogen-bond donors (Lipinski definition) is 4. The van der Waals surface area contributed by atoms with Crippen LogP contribution >= 0.6 is 0 Å². The number of anilines is 1. The van der Waals surface area contributed by atoms with Crippen LogP contribution in [0.5, 0.6) is 5.75 Å². The molecule has 2 rings (SSSR count). The number of phenols is 1. The van der Waals surface area contributed by atoms with Crippen LogP contribution < -0.4 is 10.6 Å². The fourth-order valence-electron chi connectivity index (χ4n) is 2.18. The zero-order chi connectivity index (χ0) is 14.0. The van der Waals surface area contributed by atoms with Gasteiger partial charge in [-0.1, -0.05) is 6.92 Å². The molecule has 102 valence electrons. The zero-order valence-electron chi connectivity index (χ0n) is 10.5. The van der Waals surface area contributed by atoms with E-state index in [4.69, 9.17) is 5.11 Å². The number of aromatic carboxylic acids is 1. The van der Waals surface area contributed by atoms with Crippen molar-refractivity contribution in [2.75, 3.05) is 5.32 Å². The monoisotopic (exact) mass is 264 g/mol. The third-order valence-electron chi connectivity index (χ3n) is 3.19. The first-order chi connectivity index (χ1) is 8.95. The standard InChI is InChI=1S/C13H16N2O4/c1-7-4-8(5-7)14-13(19)15-11-3-2-9(16)6-10(11)12(17)18/h2-3,6-8,16H,4-5H2,1H3,(H,17,18)(H2,14,15,19). The van der Waals surface area contributed by atoms with Crippen molar-refractivity contribution < 1.29 is 19.8 Å². The lowest BCUT2D eigenvalue weighted by Crippen LogP contribution is -2.45. The molecule has 6 nitrogen and oxygen atoms in total. The van der Waals surface area contributed by atoms with Crippen LogP contribution in [0.2, 0.25) is 0 Å². The Morgan fingerprint density at radius 2 is 2.00 bits per heavy atom. The Kier molecular flexibility index (Phi) is 3.59. The highest BCUT2D eigenvalue weighted by molar-refractivity contribution is 6.00. The van der Waals surface area contributed by atoms with Crippen LogP contribution in [0.1, 0.15) is 30.1 Å². The van der Waals surface area contributed by atoms with E-state index in [2.05, 4.69) is 17.6 Å². The Bertz CT molecular complexity index is 509. The number of amides is 2. The number of benzene rings is 1. The minimum absolute atomic E-state index is 0.142. The zero-order valence-corrected chi connectivity index (χ0v) is 10.5. The molecule has 0 spiro atoms. The van der Waals surface area contributed by atoms with E-state index in [0.29, 0.717) is 5.92 Å². The molecular formula is C13H16N2O4. The number of carboxylic acids is 1. The molecule has 0 unspecified atom stereocenters. The molecule has 0 saturated heterocycles. The van der Waals surface area contributed by atoms with Gasteiger partial charge in [-0.2, -0.15) is 0 Å². The van der Waals surface area contributed by atoms with Gasteiger partial charge in [-0.3, -0.25) is 0 Å². The largest absolute Gasteiger partial charge is 0.508 e. The van der Waals surface area contributed by atoms with Crippen LogP contribution in [0.25, 0.3) is 0 Å². The second-order valence-electron chi connectivity index (χ2n) is 4.91. The molecule has 2 amide bonds. The average Bonchev–Trinajstić information content (AvgIpc) is 2.29. The minimum Gasteiger partial charge on any atom is -0.508 e. The summed E-state index contributed by atoms with van der Waals surface area (Å²) in [4.78, 5) is 22.7. The fraction of sp³-hybridized carbons (Fsp3) is 0.385. The molecule has 0 aliphatic heterocycles. The lowest BCUT2D eigenvalue weighted by Gasteiger charge is -2.33. The van der Waals surface area contributed by atoms with Gasteiger partial charge >= 0.3 is 12.0 Å². The van der Waals surface area contributed by atoms with Gasteiger partial charge in [0.2, 0.25) is 0 Å². The first-order valence-corrected chi connectivity index (χ1v) is 6.09. The molecule has 1 aliphatic rings. The number of urea groups is 1. The summed E-state index contributed by atoms with van der Waals surface area (Å²) in [5.41, 5.74) is 0.0206. The quantitative estimate of drug-likeness (QED) is 0.627. The summed E-state index contributed by atoms with van der Waals surface area (Å²) in [6.45, 7) is 2.11. The van der Waals surface area contributed by atoms with Crippen LogP contribution in [0.4, 0.5) is 10.5 Å². The van der Waals surface area contributed by atoms with E-state index in [9.17, 15) is 14.7 Å². The van der Waals surface area contributed by atoms with Gasteiger partial charge in [0.15, 0.2) is 0 Å². The third-order valence-corrected chi connectivity index (χ3v) is 3.19. The van der Waals surface area contributed by atoms with Crippen molar-refractivity contribution in [1.29, 1.82) is 0 Å². The second kappa shape index (κ2) is 5.17. The highest BCUT2D eigenvalue weighted by atomic mass is 16.4. The smallest absolute Gasteiger partial charge is 0.337 e. The Morgan fingerprint density at radius 1 is 1.32 bits per heavy atom. The summed E-state index contributed by atoms with van der Waals surface area (Å²) in [6, 6.07) is 3.52. The maximum atomic E-state index is 11.7. The maximum Gasteiger partial charge on any atom is 0.337 e. The third kappa shape index (κ3) is 3.15. The molecule has 0 bridgehead atoms. The highest BCUT2D eigenvalue weighted by Gasteiger charge is 2.26. The van der Waals surface area contributed by atoms with E-state index >= 15 is 0 Å². The summed E-state index contributed by atoms with van der Waals surface area (Å²) in [6.07, 6.45) is 1.88. The molecule has 1 aromatic carbocycles. The Morgan fingerprint density at radius 3 is 2.58 bits per heavy atom. The molecule has 1 aromatic rings. The SMILES string of the molecule is CC1CC(NC(=O)Nc2ccc(O)cc2C(=O)O)C1. The van der Waals surface area contributed by atoms with Gasteiger partial charge in [-0.05, 0) is 37.0 Å². The number of aromatic hydroxyl groups is 1. The predicted octanol–water partition coefficient (Wildman–Crippen LogP) is 2.01. The average molecular weight is 264 g/mol. The van der Waals surface area contributed by atoms with Gasteiger partial charge in [0.25, 0.3) is 0 Å². The van der Waals surface area contributed by atoms with Gasteiger partial charge < -0.3 is 20.8 Å². The molecule has 1 fully saturated rings. The van der Waals surface area contributed by atoms with E-state index in [-0.39, 0.29) is 23.0 Å². The van der Waals surface area contributed by atoms with Gasteiger partial charge in [0.05, 0.1) is 11.3 Å². The van der Waals surface area contributed by atoms with Crippen molar-refractivity contribution in [3.8, 4) is 5.75 Å². The summed E-state index contributed by atoms with van der Waals surface area (Å²) in [5.74, 6) is -0.742. The first kappa shape index (κ1) is 13.2. The number of carbonyl (C=O) groups is 2. The van der Waals surface area contributed by atoms with Crippen LogP contribution in [0, 0.1) is 5.92 Å². The lowest BCUT2D eigenvalue weighted by atomic mass is 9.82. The van der Waals surface area contributed by atoms with E-state index in [1.54, 1.807) is 0 Å². The fourth-order valence-corrected chi connectivity index (χ4v) is 2.18. The summed E-state index contributed by atoms with van der Waals surface area (Å²) in [7, 11) is 0. The van der Waals surface area contributed by atoms with Crippen LogP contribution in [-0.4, -0.2) is 28.3 Å². The number of phenolic OH excluding ortho intramolecular Hbond substituents is 1. The predicted molar refractivity (Wildman–Crippen MR) is 69.4 cm³/mol. The van der Waals surface area contributed by atoms with Crippen molar-refractivity contribution in [2.24, 2.45) is 5.92 Å². The van der Waals surface area contributed by atoms with Crippen molar-refractivity contribution in [3.05, 3.63) is 23.8 Å². The van der Waals surface area contributed by atoms with E-state index < -0.39 is 12.0 Å². The lowest BCUT2D eigenvalue weighted by molar-refractivity contribution is 0.0697.